The molecule has 0 N–H and O–H groups in total. The van der Waals surface area contributed by atoms with Crippen molar-refractivity contribution in [1.82, 2.24) is 14.9 Å². The third-order valence-corrected chi connectivity index (χ3v) is 7.77. The molecule has 2 heterocycles. The van der Waals surface area contributed by atoms with Gasteiger partial charge in [0.2, 0.25) is 0 Å². The van der Waals surface area contributed by atoms with Crippen LogP contribution in [0.3, 0.4) is 0 Å². The molecular formula is C26H37N3O3. The molecule has 2 fully saturated rings. The van der Waals surface area contributed by atoms with Crippen LogP contribution in [-0.2, 0) is 16.1 Å². The van der Waals surface area contributed by atoms with E-state index in [1.165, 1.54) is 26.4 Å². The summed E-state index contributed by atoms with van der Waals surface area (Å²) in [7, 11) is 1.45. The van der Waals surface area contributed by atoms with Crippen LogP contribution in [0, 0.1) is 17.3 Å². The van der Waals surface area contributed by atoms with Gasteiger partial charge in [-0.05, 0) is 68.2 Å². The lowest BCUT2D eigenvalue weighted by atomic mass is 9.69. The smallest absolute Gasteiger partial charge is 0.310 e. The Balaban J connectivity index is 1.34. The van der Waals surface area contributed by atoms with E-state index >= 15 is 0 Å². The fraction of sp³-hybridized carbons (Fsp3) is 0.654. The number of hydrogen-bond acceptors (Lipinski definition) is 6. The third kappa shape index (κ3) is 5.22. The summed E-state index contributed by atoms with van der Waals surface area (Å²) >= 11 is 0. The molecule has 1 aliphatic heterocycles. The zero-order valence-electron chi connectivity index (χ0n) is 20.0. The lowest BCUT2D eigenvalue weighted by Crippen LogP contribution is -2.31. The minimum atomic E-state index is -0.123. The first-order valence-corrected chi connectivity index (χ1v) is 12.1. The standard InChI is InChI=1S/C26H37N3O3/c1-5-26(2,3)20-6-8-21(9-7-20)32-22-10-11-23-19(14-22)15-27-24(28-23)17-29-13-12-18(16-29)25(30)31-4/h10-11,14-15,18,20-21H,5-9,12-13,16-17H2,1-4H3/t18-,20-,21-/m1/s1. The van der Waals surface area contributed by atoms with Crippen molar-refractivity contribution >= 4 is 16.9 Å². The van der Waals surface area contributed by atoms with Gasteiger partial charge in [0.25, 0.3) is 0 Å². The number of nitrogens with zero attached hydrogens (tertiary/aromatic N) is 3. The summed E-state index contributed by atoms with van der Waals surface area (Å²) in [5.74, 6) is 2.33. The van der Waals surface area contributed by atoms with Gasteiger partial charge in [-0.3, -0.25) is 9.69 Å². The van der Waals surface area contributed by atoms with Gasteiger partial charge in [0, 0.05) is 18.1 Å². The van der Waals surface area contributed by atoms with Gasteiger partial charge in [-0.15, -0.1) is 0 Å². The maximum absolute atomic E-state index is 11.7. The Kier molecular flexibility index (Phi) is 6.99. The molecule has 0 spiro atoms. The first-order chi connectivity index (χ1) is 15.4. The van der Waals surface area contributed by atoms with Crippen molar-refractivity contribution < 1.29 is 14.3 Å². The van der Waals surface area contributed by atoms with Crippen molar-refractivity contribution in [3.63, 3.8) is 0 Å². The van der Waals surface area contributed by atoms with Crippen LogP contribution in [0.15, 0.2) is 24.4 Å². The molecule has 2 aromatic rings. The molecule has 1 aliphatic carbocycles. The van der Waals surface area contributed by atoms with E-state index in [2.05, 4.69) is 36.7 Å². The van der Waals surface area contributed by atoms with Crippen LogP contribution in [0.2, 0.25) is 0 Å². The molecule has 6 nitrogen and oxygen atoms in total. The average molecular weight is 440 g/mol. The number of aromatic nitrogens is 2. The number of carbonyl (C=O) groups is 1. The van der Waals surface area contributed by atoms with E-state index in [1.807, 2.05) is 18.3 Å². The highest BCUT2D eigenvalue weighted by molar-refractivity contribution is 5.79. The van der Waals surface area contributed by atoms with Gasteiger partial charge >= 0.3 is 5.97 Å². The van der Waals surface area contributed by atoms with Crippen molar-refractivity contribution in [1.29, 1.82) is 0 Å². The maximum atomic E-state index is 11.7. The van der Waals surface area contributed by atoms with Crippen molar-refractivity contribution in [2.24, 2.45) is 17.3 Å². The van der Waals surface area contributed by atoms with E-state index in [-0.39, 0.29) is 11.9 Å². The lowest BCUT2D eigenvalue weighted by Gasteiger charge is -2.38. The molecule has 0 radical (unpaired) electrons. The zero-order chi connectivity index (χ0) is 22.7. The normalized spacial score (nSPS) is 24.6. The minimum absolute atomic E-state index is 0.0386. The fourth-order valence-electron chi connectivity index (χ4n) is 5.18. The van der Waals surface area contributed by atoms with Crippen LogP contribution in [0.1, 0.15) is 65.1 Å². The van der Waals surface area contributed by atoms with E-state index in [0.29, 0.717) is 24.6 Å². The number of esters is 1. The molecule has 174 valence electrons. The average Bonchev–Trinajstić information content (AvgIpc) is 3.27. The molecule has 1 saturated carbocycles. The highest BCUT2D eigenvalue weighted by Crippen LogP contribution is 2.41. The van der Waals surface area contributed by atoms with Gasteiger partial charge in [-0.1, -0.05) is 27.2 Å². The fourth-order valence-corrected chi connectivity index (χ4v) is 5.18. The monoisotopic (exact) mass is 439 g/mol. The predicted molar refractivity (Wildman–Crippen MR) is 125 cm³/mol. The van der Waals surface area contributed by atoms with E-state index in [1.54, 1.807) is 0 Å². The Morgan fingerprint density at radius 2 is 1.97 bits per heavy atom. The molecule has 0 bridgehead atoms. The summed E-state index contributed by atoms with van der Waals surface area (Å²) in [5.41, 5.74) is 1.36. The molecule has 1 aromatic carbocycles. The van der Waals surface area contributed by atoms with E-state index in [9.17, 15) is 4.79 Å². The van der Waals surface area contributed by atoms with Crippen LogP contribution >= 0.6 is 0 Å². The van der Waals surface area contributed by atoms with Crippen LogP contribution in [0.25, 0.3) is 10.9 Å². The number of methoxy groups -OCH3 is 1. The Morgan fingerprint density at radius 1 is 1.19 bits per heavy atom. The molecule has 32 heavy (non-hydrogen) atoms. The lowest BCUT2D eigenvalue weighted by molar-refractivity contribution is -0.144. The Morgan fingerprint density at radius 3 is 2.69 bits per heavy atom. The number of benzene rings is 1. The Hall–Kier alpha value is -2.21. The summed E-state index contributed by atoms with van der Waals surface area (Å²) in [4.78, 5) is 23.3. The molecule has 4 rings (SSSR count). The second-order valence-electron chi connectivity index (χ2n) is 10.2. The van der Waals surface area contributed by atoms with E-state index in [4.69, 9.17) is 14.5 Å². The van der Waals surface area contributed by atoms with Crippen LogP contribution in [0.5, 0.6) is 5.75 Å². The second kappa shape index (κ2) is 9.74. The molecule has 0 amide bonds. The van der Waals surface area contributed by atoms with Crippen molar-refractivity contribution in [3.05, 3.63) is 30.2 Å². The number of rotatable bonds is 7. The van der Waals surface area contributed by atoms with Crippen LogP contribution < -0.4 is 4.74 Å². The maximum Gasteiger partial charge on any atom is 0.310 e. The predicted octanol–water partition coefficient (Wildman–Crippen LogP) is 5.00. The molecule has 1 aromatic heterocycles. The zero-order valence-corrected chi connectivity index (χ0v) is 20.0. The molecular weight excluding hydrogens is 402 g/mol. The van der Waals surface area contributed by atoms with E-state index in [0.717, 1.165) is 54.2 Å². The van der Waals surface area contributed by atoms with Crippen LogP contribution in [-0.4, -0.2) is 47.1 Å². The molecule has 1 saturated heterocycles. The van der Waals surface area contributed by atoms with Crippen molar-refractivity contribution in [2.45, 2.75) is 71.9 Å². The first-order valence-electron chi connectivity index (χ1n) is 12.1. The SMILES string of the molecule is CCC(C)(C)[C@H]1CC[C@H](Oc2ccc3nc(CN4CC[C@@H](C(=O)OC)C4)ncc3c2)CC1. The van der Waals surface area contributed by atoms with Crippen LogP contribution in [0.4, 0.5) is 0 Å². The largest absolute Gasteiger partial charge is 0.490 e. The van der Waals surface area contributed by atoms with Gasteiger partial charge < -0.3 is 9.47 Å². The third-order valence-electron chi connectivity index (χ3n) is 7.77. The summed E-state index contributed by atoms with van der Waals surface area (Å²) in [6, 6.07) is 6.12. The molecule has 1 atom stereocenters. The topological polar surface area (TPSA) is 64.5 Å². The Bertz CT molecular complexity index is 937. The number of hydrogen-bond donors (Lipinski definition) is 0. The summed E-state index contributed by atoms with van der Waals surface area (Å²) in [6.07, 6.45) is 9.01. The van der Waals surface area contributed by atoms with Crippen molar-refractivity contribution in [2.75, 3.05) is 20.2 Å². The molecule has 0 unspecified atom stereocenters. The number of likely N-dealkylation sites (tertiary alicyclic amines) is 1. The summed E-state index contributed by atoms with van der Waals surface area (Å²) < 4.78 is 11.2. The summed E-state index contributed by atoms with van der Waals surface area (Å²) in [6.45, 7) is 9.33. The van der Waals surface area contributed by atoms with E-state index < -0.39 is 0 Å². The highest BCUT2D eigenvalue weighted by atomic mass is 16.5. The van der Waals surface area contributed by atoms with Gasteiger partial charge in [0.1, 0.15) is 11.6 Å². The minimum Gasteiger partial charge on any atom is -0.490 e. The van der Waals surface area contributed by atoms with Crippen molar-refractivity contribution in [3.8, 4) is 5.75 Å². The first kappa shape index (κ1) is 23.0. The van der Waals surface area contributed by atoms with Gasteiger partial charge in [0.05, 0.1) is 31.2 Å². The molecule has 6 heteroatoms. The summed E-state index contributed by atoms with van der Waals surface area (Å²) in [5, 5.41) is 1.00. The quantitative estimate of drug-likeness (QED) is 0.566. The van der Waals surface area contributed by atoms with Gasteiger partial charge in [-0.25, -0.2) is 9.97 Å². The van der Waals surface area contributed by atoms with Gasteiger partial charge in [-0.2, -0.15) is 0 Å². The van der Waals surface area contributed by atoms with Gasteiger partial charge in [0.15, 0.2) is 0 Å². The second-order valence-corrected chi connectivity index (χ2v) is 10.2. The number of carbonyl (C=O) groups excluding carboxylic acids is 1. The number of ether oxygens (including phenoxy) is 2. The Labute approximate surface area is 191 Å². The molecule has 2 aliphatic rings. The number of fused-ring (bicyclic) bond motifs is 1. The highest BCUT2D eigenvalue weighted by Gasteiger charge is 2.32.